The van der Waals surface area contributed by atoms with Crippen LogP contribution in [-0.4, -0.2) is 54.2 Å². The fraction of sp³-hybridized carbons (Fsp3) is 0.389. The maximum atomic E-state index is 12.8. The van der Waals surface area contributed by atoms with Gasteiger partial charge in [-0.15, -0.1) is 0 Å². The van der Waals surface area contributed by atoms with Gasteiger partial charge in [0, 0.05) is 24.3 Å². The van der Waals surface area contributed by atoms with E-state index in [1.54, 1.807) is 19.1 Å². The Morgan fingerprint density at radius 3 is 2.81 bits per heavy atom. The molecule has 0 saturated carbocycles. The van der Waals surface area contributed by atoms with Crippen LogP contribution in [0, 0.1) is 0 Å². The fourth-order valence-corrected chi connectivity index (χ4v) is 4.84. The summed E-state index contributed by atoms with van der Waals surface area (Å²) in [5, 5.41) is 2.71. The minimum Gasteiger partial charge on any atom is -0.467 e. The molecule has 0 aromatic carbocycles. The third-order valence-electron chi connectivity index (χ3n) is 4.50. The number of carbonyl (C=O) groups excluding carboxylic acids is 2. The molecule has 2 amide bonds. The van der Waals surface area contributed by atoms with Crippen molar-refractivity contribution < 1.29 is 22.4 Å². The summed E-state index contributed by atoms with van der Waals surface area (Å²) in [5.74, 6) is -0.0528. The van der Waals surface area contributed by atoms with Crippen molar-refractivity contribution in [1.82, 2.24) is 15.2 Å². The van der Waals surface area contributed by atoms with Crippen molar-refractivity contribution in [3.05, 3.63) is 53.7 Å². The van der Waals surface area contributed by atoms with Crippen LogP contribution in [-0.2, 0) is 16.4 Å². The number of amides is 2. The summed E-state index contributed by atoms with van der Waals surface area (Å²) in [7, 11) is -3.10. The number of nitrogens with zero attached hydrogens (tertiary/aromatic N) is 2. The van der Waals surface area contributed by atoms with Gasteiger partial charge in [0.25, 0.3) is 11.8 Å². The number of nitrogens with one attached hydrogen (secondary N) is 1. The van der Waals surface area contributed by atoms with E-state index in [0.29, 0.717) is 24.3 Å². The Kier molecular flexibility index (Phi) is 5.59. The van der Waals surface area contributed by atoms with E-state index in [1.165, 1.54) is 29.5 Å². The molecule has 0 radical (unpaired) electrons. The van der Waals surface area contributed by atoms with E-state index in [9.17, 15) is 18.0 Å². The Labute approximate surface area is 157 Å². The molecule has 27 heavy (non-hydrogen) atoms. The van der Waals surface area contributed by atoms with Crippen molar-refractivity contribution in [3.63, 3.8) is 0 Å². The van der Waals surface area contributed by atoms with Gasteiger partial charge in [-0.25, -0.2) is 8.42 Å². The highest BCUT2D eigenvalue weighted by molar-refractivity contribution is 7.91. The van der Waals surface area contributed by atoms with Gasteiger partial charge >= 0.3 is 0 Å². The first-order valence-electron chi connectivity index (χ1n) is 8.67. The van der Waals surface area contributed by atoms with Crippen LogP contribution in [0.1, 0.15) is 40.0 Å². The van der Waals surface area contributed by atoms with Crippen LogP contribution in [0.15, 0.2) is 41.1 Å². The molecule has 3 heterocycles. The summed E-state index contributed by atoms with van der Waals surface area (Å²) < 4.78 is 28.6. The highest BCUT2D eigenvalue weighted by atomic mass is 32.2. The van der Waals surface area contributed by atoms with Gasteiger partial charge in [-0.05, 0) is 37.6 Å². The lowest BCUT2D eigenvalue weighted by Crippen LogP contribution is -2.41. The highest BCUT2D eigenvalue weighted by Gasteiger charge is 2.34. The zero-order chi connectivity index (χ0) is 19.4. The van der Waals surface area contributed by atoms with Crippen LogP contribution in [0.5, 0.6) is 0 Å². The van der Waals surface area contributed by atoms with Crippen LogP contribution >= 0.6 is 0 Å². The zero-order valence-electron chi connectivity index (χ0n) is 14.9. The van der Waals surface area contributed by atoms with Crippen LogP contribution in [0.2, 0.25) is 0 Å². The molecule has 1 N–H and O–H groups in total. The van der Waals surface area contributed by atoms with E-state index >= 15 is 0 Å². The van der Waals surface area contributed by atoms with Gasteiger partial charge < -0.3 is 14.6 Å². The summed E-state index contributed by atoms with van der Waals surface area (Å²) in [5.41, 5.74) is 0.418. The number of aromatic nitrogens is 1. The van der Waals surface area contributed by atoms with Crippen LogP contribution in [0.3, 0.4) is 0 Å². The molecular weight excluding hydrogens is 370 g/mol. The van der Waals surface area contributed by atoms with Crippen molar-refractivity contribution in [2.45, 2.75) is 25.9 Å². The molecule has 144 valence electrons. The first-order chi connectivity index (χ1) is 12.9. The highest BCUT2D eigenvalue weighted by Crippen LogP contribution is 2.19. The van der Waals surface area contributed by atoms with Crippen molar-refractivity contribution in [2.24, 2.45) is 0 Å². The second kappa shape index (κ2) is 7.91. The molecule has 1 unspecified atom stereocenters. The van der Waals surface area contributed by atoms with E-state index in [-0.39, 0.29) is 41.6 Å². The van der Waals surface area contributed by atoms with Crippen molar-refractivity contribution in [3.8, 4) is 0 Å². The average molecular weight is 391 g/mol. The van der Waals surface area contributed by atoms with Crippen LogP contribution in [0.25, 0.3) is 0 Å². The van der Waals surface area contributed by atoms with Crippen LogP contribution < -0.4 is 5.32 Å². The monoisotopic (exact) mass is 391 g/mol. The minimum atomic E-state index is -3.10. The molecule has 1 aliphatic heterocycles. The van der Waals surface area contributed by atoms with Crippen LogP contribution in [0.4, 0.5) is 0 Å². The maximum absolute atomic E-state index is 12.8. The van der Waals surface area contributed by atoms with Gasteiger partial charge in [0.1, 0.15) is 11.5 Å². The number of hydrogen-bond donors (Lipinski definition) is 1. The fourth-order valence-electron chi connectivity index (χ4n) is 3.11. The minimum absolute atomic E-state index is 0.0318. The summed E-state index contributed by atoms with van der Waals surface area (Å²) in [6.07, 6.45) is 3.34. The normalized spacial score (nSPS) is 18.2. The quantitative estimate of drug-likeness (QED) is 0.794. The Balaban J connectivity index is 1.71. The molecule has 2 aromatic rings. The van der Waals surface area contributed by atoms with Crippen molar-refractivity contribution >= 4 is 21.7 Å². The maximum Gasteiger partial charge on any atom is 0.272 e. The first kappa shape index (κ1) is 19.1. The van der Waals surface area contributed by atoms with Gasteiger partial charge in [0.05, 0.1) is 24.3 Å². The standard InChI is InChI=1S/C18H21N3O5S/c1-2-21(14-6-9-27(24,25)12-14)18(23)16-10-13(5-7-19-16)17(22)20-11-15-4-3-8-26-15/h3-5,7-8,10,14H,2,6,9,11-12H2,1H3,(H,20,22). The molecule has 2 aromatic heterocycles. The Bertz CT molecular complexity index is 924. The second-order valence-corrected chi connectivity index (χ2v) is 8.57. The summed E-state index contributed by atoms with van der Waals surface area (Å²) in [4.78, 5) is 30.7. The van der Waals surface area contributed by atoms with E-state index in [2.05, 4.69) is 10.3 Å². The number of hydrogen-bond acceptors (Lipinski definition) is 6. The molecule has 1 fully saturated rings. The van der Waals surface area contributed by atoms with Crippen molar-refractivity contribution in [2.75, 3.05) is 18.1 Å². The lowest BCUT2D eigenvalue weighted by molar-refractivity contribution is 0.0702. The predicted octanol–water partition coefficient (Wildman–Crippen LogP) is 1.25. The molecule has 1 saturated heterocycles. The topological polar surface area (TPSA) is 110 Å². The smallest absolute Gasteiger partial charge is 0.272 e. The third-order valence-corrected chi connectivity index (χ3v) is 6.25. The summed E-state index contributed by atoms with van der Waals surface area (Å²) in [6.45, 7) is 2.40. The zero-order valence-corrected chi connectivity index (χ0v) is 15.7. The molecular formula is C18H21N3O5S. The van der Waals surface area contributed by atoms with E-state index in [4.69, 9.17) is 4.42 Å². The summed E-state index contributed by atoms with van der Waals surface area (Å²) in [6, 6.07) is 6.06. The van der Waals surface area contributed by atoms with Crippen molar-refractivity contribution in [1.29, 1.82) is 0 Å². The first-order valence-corrected chi connectivity index (χ1v) is 10.5. The van der Waals surface area contributed by atoms with Gasteiger partial charge in [-0.1, -0.05) is 0 Å². The number of sulfone groups is 1. The third kappa shape index (κ3) is 4.54. The van der Waals surface area contributed by atoms with Gasteiger partial charge in [0.2, 0.25) is 0 Å². The number of furan rings is 1. The number of rotatable bonds is 6. The molecule has 1 aliphatic rings. The Hall–Kier alpha value is -2.68. The molecule has 3 rings (SSSR count). The molecule has 8 nitrogen and oxygen atoms in total. The molecule has 1 atom stereocenters. The molecule has 0 spiro atoms. The molecule has 0 aliphatic carbocycles. The summed E-state index contributed by atoms with van der Waals surface area (Å²) >= 11 is 0. The second-order valence-electron chi connectivity index (χ2n) is 6.34. The predicted molar refractivity (Wildman–Crippen MR) is 97.9 cm³/mol. The lowest BCUT2D eigenvalue weighted by Gasteiger charge is -2.26. The number of pyridine rings is 1. The Morgan fingerprint density at radius 2 is 2.19 bits per heavy atom. The SMILES string of the molecule is CCN(C(=O)c1cc(C(=O)NCc2ccco2)ccn1)C1CCS(=O)(=O)C1. The average Bonchev–Trinajstić information content (AvgIpc) is 3.30. The van der Waals surface area contributed by atoms with Gasteiger partial charge in [-0.3, -0.25) is 14.6 Å². The Morgan fingerprint density at radius 1 is 1.37 bits per heavy atom. The molecule has 9 heteroatoms. The number of carbonyl (C=O) groups is 2. The van der Waals surface area contributed by atoms with E-state index < -0.39 is 9.84 Å². The largest absolute Gasteiger partial charge is 0.467 e. The van der Waals surface area contributed by atoms with E-state index in [0.717, 1.165) is 0 Å². The van der Waals surface area contributed by atoms with E-state index in [1.807, 2.05) is 0 Å². The van der Waals surface area contributed by atoms with Gasteiger partial charge in [0.15, 0.2) is 9.84 Å². The lowest BCUT2D eigenvalue weighted by atomic mass is 10.1. The van der Waals surface area contributed by atoms with Gasteiger partial charge in [-0.2, -0.15) is 0 Å². The molecule has 0 bridgehead atoms.